The zero-order valence-corrected chi connectivity index (χ0v) is 14.7. The van der Waals surface area contributed by atoms with E-state index in [2.05, 4.69) is 15.4 Å². The highest BCUT2D eigenvalue weighted by Gasteiger charge is 2.49. The van der Waals surface area contributed by atoms with Crippen LogP contribution in [0, 0.1) is 5.92 Å². The van der Waals surface area contributed by atoms with Crippen LogP contribution in [0.4, 0.5) is 13.2 Å². The highest BCUT2D eigenvalue weighted by molar-refractivity contribution is 5.94. The van der Waals surface area contributed by atoms with Crippen molar-refractivity contribution in [2.45, 2.75) is 43.5 Å². The van der Waals surface area contributed by atoms with Crippen molar-refractivity contribution in [1.29, 1.82) is 0 Å². The summed E-state index contributed by atoms with van der Waals surface area (Å²) in [6.45, 7) is 0.537. The van der Waals surface area contributed by atoms with E-state index >= 15 is 0 Å². The first-order chi connectivity index (χ1) is 13.3. The standard InChI is InChI=1S/C18H19F3N2O5/c19-18(20,21)28-11-5-3-10(4-6-11)17(25)23-13-8-27-14-12(7-26-15(13)14)22-16(24)9-1-2-9/h3-6,9,12-15H,1-2,7-8H2,(H,22,24)(H,23,25)/t12-,13-,14+,15+/m0/s1. The van der Waals surface area contributed by atoms with E-state index < -0.39 is 24.1 Å². The number of nitrogens with one attached hydrogen (secondary N) is 2. The molecule has 3 fully saturated rings. The van der Waals surface area contributed by atoms with Crippen molar-refractivity contribution in [2.24, 2.45) is 5.92 Å². The summed E-state index contributed by atoms with van der Waals surface area (Å²) in [5.41, 5.74) is 0.189. The Morgan fingerprint density at radius 3 is 2.07 bits per heavy atom. The molecule has 3 aliphatic rings. The van der Waals surface area contributed by atoms with E-state index in [0.717, 1.165) is 25.0 Å². The van der Waals surface area contributed by atoms with E-state index in [4.69, 9.17) is 9.47 Å². The van der Waals surface area contributed by atoms with Crippen LogP contribution in [0.3, 0.4) is 0 Å². The molecule has 28 heavy (non-hydrogen) atoms. The molecule has 2 amide bonds. The number of carbonyl (C=O) groups excluding carboxylic acids is 2. The van der Waals surface area contributed by atoms with Gasteiger partial charge in [0, 0.05) is 11.5 Å². The lowest BCUT2D eigenvalue weighted by Gasteiger charge is -2.18. The Morgan fingerprint density at radius 2 is 1.54 bits per heavy atom. The molecule has 152 valence electrons. The minimum absolute atomic E-state index is 0.00602. The minimum Gasteiger partial charge on any atom is -0.406 e. The summed E-state index contributed by atoms with van der Waals surface area (Å²) in [5.74, 6) is -0.768. The van der Waals surface area contributed by atoms with E-state index in [1.165, 1.54) is 12.1 Å². The molecule has 0 aromatic heterocycles. The van der Waals surface area contributed by atoms with Crippen LogP contribution in [0.25, 0.3) is 0 Å². The monoisotopic (exact) mass is 400 g/mol. The summed E-state index contributed by atoms with van der Waals surface area (Å²) in [6.07, 6.45) is -3.71. The average Bonchev–Trinajstić information content (AvgIpc) is 3.30. The summed E-state index contributed by atoms with van der Waals surface area (Å²) in [5, 5.41) is 5.71. The van der Waals surface area contributed by atoms with Gasteiger partial charge in [0.15, 0.2) is 0 Å². The first-order valence-corrected chi connectivity index (χ1v) is 9.00. The van der Waals surface area contributed by atoms with Gasteiger partial charge in [0.2, 0.25) is 5.91 Å². The normalized spacial score (nSPS) is 29.2. The molecule has 0 radical (unpaired) electrons. The summed E-state index contributed by atoms with van der Waals surface area (Å²) < 4.78 is 51.8. The van der Waals surface area contributed by atoms with Crippen LogP contribution in [0.5, 0.6) is 5.75 Å². The van der Waals surface area contributed by atoms with Gasteiger partial charge in [-0.05, 0) is 37.1 Å². The Hall–Kier alpha value is -2.33. The Kier molecular flexibility index (Phi) is 4.92. The van der Waals surface area contributed by atoms with Crippen LogP contribution in [-0.4, -0.2) is 55.7 Å². The predicted molar refractivity (Wildman–Crippen MR) is 88.5 cm³/mol. The van der Waals surface area contributed by atoms with Gasteiger partial charge < -0.3 is 24.8 Å². The number of carbonyl (C=O) groups is 2. The molecule has 1 saturated carbocycles. The maximum absolute atomic E-state index is 12.4. The molecular weight excluding hydrogens is 381 g/mol. The molecule has 0 bridgehead atoms. The van der Waals surface area contributed by atoms with Crippen LogP contribution in [-0.2, 0) is 14.3 Å². The fraction of sp³-hybridized carbons (Fsp3) is 0.556. The van der Waals surface area contributed by atoms with Gasteiger partial charge in [-0.15, -0.1) is 13.2 Å². The fourth-order valence-corrected chi connectivity index (χ4v) is 3.45. The minimum atomic E-state index is -4.79. The Labute approximate surface area is 158 Å². The number of fused-ring (bicyclic) bond motifs is 1. The molecule has 4 atom stereocenters. The quantitative estimate of drug-likeness (QED) is 0.780. The molecule has 1 aliphatic carbocycles. The zero-order valence-electron chi connectivity index (χ0n) is 14.7. The largest absolute Gasteiger partial charge is 0.573 e. The lowest BCUT2D eigenvalue weighted by atomic mass is 10.1. The van der Waals surface area contributed by atoms with Gasteiger partial charge in [-0.25, -0.2) is 0 Å². The van der Waals surface area contributed by atoms with Crippen molar-refractivity contribution in [2.75, 3.05) is 13.2 Å². The van der Waals surface area contributed by atoms with Crippen molar-refractivity contribution >= 4 is 11.8 Å². The van der Waals surface area contributed by atoms with Gasteiger partial charge in [-0.2, -0.15) is 0 Å². The van der Waals surface area contributed by atoms with Gasteiger partial charge in [-0.3, -0.25) is 9.59 Å². The van der Waals surface area contributed by atoms with Crippen LogP contribution < -0.4 is 15.4 Å². The number of benzene rings is 1. The lowest BCUT2D eigenvalue weighted by molar-refractivity contribution is -0.274. The molecular formula is C18H19F3N2O5. The molecule has 2 saturated heterocycles. The third-order valence-electron chi connectivity index (χ3n) is 5.00. The van der Waals surface area contributed by atoms with E-state index in [1.54, 1.807) is 0 Å². The van der Waals surface area contributed by atoms with Gasteiger partial charge in [0.25, 0.3) is 5.91 Å². The van der Waals surface area contributed by atoms with E-state index in [0.29, 0.717) is 6.61 Å². The average molecular weight is 400 g/mol. The second kappa shape index (κ2) is 7.25. The molecule has 0 spiro atoms. The number of hydrogen-bond acceptors (Lipinski definition) is 5. The van der Waals surface area contributed by atoms with Crippen molar-refractivity contribution in [3.05, 3.63) is 29.8 Å². The predicted octanol–water partition coefficient (Wildman–Crippen LogP) is 1.38. The summed E-state index contributed by atoms with van der Waals surface area (Å²) in [4.78, 5) is 24.3. The van der Waals surface area contributed by atoms with Gasteiger partial charge in [0.05, 0.1) is 25.3 Å². The van der Waals surface area contributed by atoms with Crippen LogP contribution in [0.15, 0.2) is 24.3 Å². The molecule has 2 N–H and O–H groups in total. The van der Waals surface area contributed by atoms with Crippen LogP contribution in [0.1, 0.15) is 23.2 Å². The van der Waals surface area contributed by atoms with E-state index in [9.17, 15) is 22.8 Å². The topological polar surface area (TPSA) is 85.9 Å². The van der Waals surface area contributed by atoms with E-state index in [-0.39, 0.29) is 42.2 Å². The highest BCUT2D eigenvalue weighted by Crippen LogP contribution is 2.31. The molecule has 0 unspecified atom stereocenters. The second-order valence-electron chi connectivity index (χ2n) is 7.14. The first kappa shape index (κ1) is 19.0. The summed E-state index contributed by atoms with van der Waals surface area (Å²) in [7, 11) is 0. The van der Waals surface area contributed by atoms with Crippen molar-refractivity contribution in [3.8, 4) is 5.75 Å². The van der Waals surface area contributed by atoms with Gasteiger partial charge in [0.1, 0.15) is 18.0 Å². The number of amides is 2. The number of halogens is 3. The van der Waals surface area contributed by atoms with Crippen LogP contribution in [0.2, 0.25) is 0 Å². The first-order valence-electron chi connectivity index (χ1n) is 9.00. The van der Waals surface area contributed by atoms with Crippen LogP contribution >= 0.6 is 0 Å². The van der Waals surface area contributed by atoms with Crippen molar-refractivity contribution in [1.82, 2.24) is 10.6 Å². The molecule has 1 aromatic rings. The van der Waals surface area contributed by atoms with E-state index in [1.807, 2.05) is 0 Å². The molecule has 10 heteroatoms. The number of hydrogen-bond donors (Lipinski definition) is 2. The second-order valence-corrected chi connectivity index (χ2v) is 7.14. The number of ether oxygens (including phenoxy) is 3. The number of rotatable bonds is 5. The van der Waals surface area contributed by atoms with Crippen molar-refractivity contribution < 1.29 is 37.0 Å². The maximum atomic E-state index is 12.4. The maximum Gasteiger partial charge on any atom is 0.573 e. The Bertz CT molecular complexity index is 751. The number of alkyl halides is 3. The molecule has 4 rings (SSSR count). The smallest absolute Gasteiger partial charge is 0.406 e. The Balaban J connectivity index is 1.32. The SMILES string of the molecule is O=C(N[C@H]1CO[C@H]2[C@@H]1OC[C@@H]2NC(=O)C1CC1)c1ccc(OC(F)(F)F)cc1. The third-order valence-corrected chi connectivity index (χ3v) is 5.00. The Morgan fingerprint density at radius 1 is 0.964 bits per heavy atom. The fourth-order valence-electron chi connectivity index (χ4n) is 3.45. The van der Waals surface area contributed by atoms with Crippen molar-refractivity contribution in [3.63, 3.8) is 0 Å². The zero-order chi connectivity index (χ0) is 19.9. The summed E-state index contributed by atoms with van der Waals surface area (Å²) in [6, 6.07) is 3.98. The van der Waals surface area contributed by atoms with Gasteiger partial charge >= 0.3 is 6.36 Å². The molecule has 7 nitrogen and oxygen atoms in total. The van der Waals surface area contributed by atoms with Gasteiger partial charge in [-0.1, -0.05) is 0 Å². The lowest BCUT2D eigenvalue weighted by Crippen LogP contribution is -2.47. The third kappa shape index (κ3) is 4.22. The highest BCUT2D eigenvalue weighted by atomic mass is 19.4. The molecule has 1 aromatic carbocycles. The molecule has 2 aliphatic heterocycles. The molecule has 2 heterocycles. The summed E-state index contributed by atoms with van der Waals surface area (Å²) >= 11 is 0.